The second-order valence-electron chi connectivity index (χ2n) is 4.74. The van der Waals surface area contributed by atoms with Gasteiger partial charge in [0.2, 0.25) is 0 Å². The van der Waals surface area contributed by atoms with Crippen molar-refractivity contribution in [3.05, 3.63) is 30.1 Å². The third-order valence-electron chi connectivity index (χ3n) is 3.47. The maximum atomic E-state index is 4.65. The van der Waals surface area contributed by atoms with E-state index < -0.39 is 0 Å². The van der Waals surface area contributed by atoms with Crippen molar-refractivity contribution < 1.29 is 0 Å². The molecule has 1 aliphatic heterocycles. The Bertz CT molecular complexity index is 514. The van der Waals surface area contributed by atoms with Crippen molar-refractivity contribution in [2.24, 2.45) is 0 Å². The standard InChI is InChI=1S/C13H18N4.2ClH/c1-10-8-14-6-7-17(10)9-12-3-2-11-4-5-15-13(11)16-12;;/h2-5,10,14H,6-9H2,1H3,(H,15,16);2*1H. The molecule has 2 aromatic heterocycles. The quantitative estimate of drug-likeness (QED) is 0.894. The van der Waals surface area contributed by atoms with Crippen LogP contribution in [0.5, 0.6) is 0 Å². The molecule has 0 radical (unpaired) electrons. The van der Waals surface area contributed by atoms with Crippen LogP contribution in [-0.4, -0.2) is 40.5 Å². The van der Waals surface area contributed by atoms with Gasteiger partial charge >= 0.3 is 0 Å². The van der Waals surface area contributed by atoms with Crippen LogP contribution in [0.2, 0.25) is 0 Å². The SMILES string of the molecule is CC1CNCCN1Cc1ccc2cc[nH]c2n1.Cl.Cl. The third-order valence-corrected chi connectivity index (χ3v) is 3.47. The van der Waals surface area contributed by atoms with Gasteiger partial charge in [-0.25, -0.2) is 4.98 Å². The molecule has 2 aromatic rings. The van der Waals surface area contributed by atoms with Crippen LogP contribution in [0.1, 0.15) is 12.6 Å². The summed E-state index contributed by atoms with van der Waals surface area (Å²) in [6.45, 7) is 6.46. The van der Waals surface area contributed by atoms with Gasteiger partial charge in [0.1, 0.15) is 5.65 Å². The summed E-state index contributed by atoms with van der Waals surface area (Å²) in [5, 5.41) is 4.59. The average Bonchev–Trinajstić information content (AvgIpc) is 2.79. The van der Waals surface area contributed by atoms with Gasteiger partial charge in [-0.1, -0.05) is 0 Å². The maximum Gasteiger partial charge on any atom is 0.137 e. The van der Waals surface area contributed by atoms with Gasteiger partial charge in [-0.15, -0.1) is 24.8 Å². The summed E-state index contributed by atoms with van der Waals surface area (Å²) in [5.74, 6) is 0. The van der Waals surface area contributed by atoms with Crippen LogP contribution in [0.4, 0.5) is 0 Å². The van der Waals surface area contributed by atoms with Crippen LogP contribution in [0.25, 0.3) is 11.0 Å². The summed E-state index contributed by atoms with van der Waals surface area (Å²) in [4.78, 5) is 10.3. The number of aromatic nitrogens is 2. The summed E-state index contributed by atoms with van der Waals surface area (Å²) in [6, 6.07) is 6.91. The number of nitrogens with zero attached hydrogens (tertiary/aromatic N) is 2. The molecule has 3 heterocycles. The Balaban J connectivity index is 0.000000902. The zero-order chi connectivity index (χ0) is 11.7. The number of pyridine rings is 1. The Kier molecular flexibility index (Phi) is 6.07. The van der Waals surface area contributed by atoms with Gasteiger partial charge in [0.25, 0.3) is 0 Å². The highest BCUT2D eigenvalue weighted by Crippen LogP contribution is 2.13. The van der Waals surface area contributed by atoms with Gasteiger partial charge in [-0.2, -0.15) is 0 Å². The molecule has 1 fully saturated rings. The van der Waals surface area contributed by atoms with Crippen LogP contribution in [0.3, 0.4) is 0 Å². The molecular formula is C13H20Cl2N4. The lowest BCUT2D eigenvalue weighted by Gasteiger charge is -2.33. The minimum absolute atomic E-state index is 0. The van der Waals surface area contributed by atoms with Crippen molar-refractivity contribution in [1.29, 1.82) is 0 Å². The molecule has 3 rings (SSSR count). The summed E-state index contributed by atoms with van der Waals surface area (Å²) in [7, 11) is 0. The van der Waals surface area contributed by atoms with E-state index in [1.54, 1.807) is 0 Å². The van der Waals surface area contributed by atoms with E-state index in [0.717, 1.165) is 37.5 Å². The first-order chi connectivity index (χ1) is 8.33. The van der Waals surface area contributed by atoms with E-state index in [9.17, 15) is 0 Å². The molecule has 1 aliphatic rings. The van der Waals surface area contributed by atoms with Crippen LogP contribution in [0.15, 0.2) is 24.4 Å². The number of nitrogens with one attached hydrogen (secondary N) is 2. The highest BCUT2D eigenvalue weighted by Gasteiger charge is 2.18. The third kappa shape index (κ3) is 3.60. The molecule has 0 saturated carbocycles. The van der Waals surface area contributed by atoms with Crippen molar-refractivity contribution in [3.63, 3.8) is 0 Å². The number of fused-ring (bicyclic) bond motifs is 1. The Hall–Kier alpha value is -0.810. The van der Waals surface area contributed by atoms with E-state index in [0.29, 0.717) is 6.04 Å². The molecule has 6 heteroatoms. The minimum atomic E-state index is 0. The molecule has 0 bridgehead atoms. The van der Waals surface area contributed by atoms with Crippen LogP contribution < -0.4 is 5.32 Å². The number of halogens is 2. The fourth-order valence-electron chi connectivity index (χ4n) is 2.38. The largest absolute Gasteiger partial charge is 0.346 e. The van der Waals surface area contributed by atoms with E-state index in [4.69, 9.17) is 0 Å². The smallest absolute Gasteiger partial charge is 0.137 e. The molecule has 19 heavy (non-hydrogen) atoms. The molecule has 4 nitrogen and oxygen atoms in total. The molecule has 1 atom stereocenters. The molecule has 0 aliphatic carbocycles. The summed E-state index contributed by atoms with van der Waals surface area (Å²) < 4.78 is 0. The van der Waals surface area contributed by atoms with Gasteiger partial charge in [-0.3, -0.25) is 4.90 Å². The predicted molar refractivity (Wildman–Crippen MR) is 83.3 cm³/mol. The molecule has 0 aromatic carbocycles. The molecule has 0 spiro atoms. The summed E-state index contributed by atoms with van der Waals surface area (Å²) >= 11 is 0. The predicted octanol–water partition coefficient (Wildman–Crippen LogP) is 2.20. The molecule has 2 N–H and O–H groups in total. The highest BCUT2D eigenvalue weighted by molar-refractivity contribution is 5.85. The van der Waals surface area contributed by atoms with E-state index in [-0.39, 0.29) is 24.8 Å². The van der Waals surface area contributed by atoms with Gasteiger partial charge < -0.3 is 10.3 Å². The van der Waals surface area contributed by atoms with Crippen molar-refractivity contribution >= 4 is 35.8 Å². The fraction of sp³-hybridized carbons (Fsp3) is 0.462. The van der Waals surface area contributed by atoms with Gasteiger partial charge in [0, 0.05) is 43.8 Å². The van der Waals surface area contributed by atoms with Gasteiger partial charge in [0.05, 0.1) is 5.69 Å². The first kappa shape index (κ1) is 16.2. The monoisotopic (exact) mass is 302 g/mol. The number of rotatable bonds is 2. The Morgan fingerprint density at radius 3 is 2.95 bits per heavy atom. The zero-order valence-corrected chi connectivity index (χ0v) is 12.6. The number of piperazine rings is 1. The molecule has 0 amide bonds. The van der Waals surface area contributed by atoms with Crippen molar-refractivity contribution in [3.8, 4) is 0 Å². The Morgan fingerprint density at radius 2 is 2.16 bits per heavy atom. The topological polar surface area (TPSA) is 44.0 Å². The first-order valence-corrected chi connectivity index (χ1v) is 6.21. The lowest BCUT2D eigenvalue weighted by Crippen LogP contribution is -2.49. The van der Waals surface area contributed by atoms with E-state index >= 15 is 0 Å². The molecule has 106 valence electrons. The van der Waals surface area contributed by atoms with Gasteiger partial charge in [-0.05, 0) is 25.1 Å². The molecule has 1 saturated heterocycles. The lowest BCUT2D eigenvalue weighted by molar-refractivity contribution is 0.164. The van der Waals surface area contributed by atoms with Gasteiger partial charge in [0.15, 0.2) is 0 Å². The number of hydrogen-bond acceptors (Lipinski definition) is 3. The lowest BCUT2D eigenvalue weighted by atomic mass is 10.2. The maximum absolute atomic E-state index is 4.65. The number of aromatic amines is 1. The second-order valence-corrected chi connectivity index (χ2v) is 4.74. The Morgan fingerprint density at radius 1 is 1.32 bits per heavy atom. The fourth-order valence-corrected chi connectivity index (χ4v) is 2.38. The van der Waals surface area contributed by atoms with Crippen molar-refractivity contribution in [2.75, 3.05) is 19.6 Å². The molecule has 1 unspecified atom stereocenters. The minimum Gasteiger partial charge on any atom is -0.346 e. The van der Waals surface area contributed by atoms with E-state index in [1.807, 2.05) is 6.20 Å². The number of H-pyrrole nitrogens is 1. The Labute approximate surface area is 125 Å². The van der Waals surface area contributed by atoms with Crippen LogP contribution >= 0.6 is 24.8 Å². The molecular weight excluding hydrogens is 283 g/mol. The first-order valence-electron chi connectivity index (χ1n) is 6.21. The van der Waals surface area contributed by atoms with Crippen molar-refractivity contribution in [1.82, 2.24) is 20.2 Å². The normalized spacial score (nSPS) is 19.7. The van der Waals surface area contributed by atoms with E-state index in [1.165, 1.54) is 5.39 Å². The summed E-state index contributed by atoms with van der Waals surface area (Å²) in [6.07, 6.45) is 1.94. The summed E-state index contributed by atoms with van der Waals surface area (Å²) in [5.41, 5.74) is 2.14. The van der Waals surface area contributed by atoms with E-state index in [2.05, 4.69) is 45.3 Å². The second kappa shape index (κ2) is 7.10. The highest BCUT2D eigenvalue weighted by atomic mass is 35.5. The average molecular weight is 303 g/mol. The number of hydrogen-bond donors (Lipinski definition) is 2. The van der Waals surface area contributed by atoms with Crippen LogP contribution in [-0.2, 0) is 6.54 Å². The van der Waals surface area contributed by atoms with Crippen molar-refractivity contribution in [2.45, 2.75) is 19.5 Å². The zero-order valence-electron chi connectivity index (χ0n) is 10.9. The van der Waals surface area contributed by atoms with Crippen LogP contribution in [0, 0.1) is 0 Å².